The van der Waals surface area contributed by atoms with Crippen LogP contribution in [0.1, 0.15) is 35.8 Å². The Balaban J connectivity index is 0.00000264. The lowest BCUT2D eigenvalue weighted by molar-refractivity contribution is 0.342. The number of likely N-dealkylation sites (tertiary alicyclic amines) is 1. The Bertz CT molecular complexity index is 483. The van der Waals surface area contributed by atoms with Crippen LogP contribution in [-0.2, 0) is 6.54 Å². The van der Waals surface area contributed by atoms with Crippen molar-refractivity contribution < 1.29 is 0 Å². The van der Waals surface area contributed by atoms with Gasteiger partial charge in [-0.3, -0.25) is 0 Å². The van der Waals surface area contributed by atoms with Gasteiger partial charge in [0.2, 0.25) is 0 Å². The van der Waals surface area contributed by atoms with Gasteiger partial charge in [0, 0.05) is 24.5 Å². The van der Waals surface area contributed by atoms with Crippen molar-refractivity contribution >= 4 is 41.3 Å². The van der Waals surface area contributed by atoms with Crippen molar-refractivity contribution in [1.29, 1.82) is 0 Å². The van der Waals surface area contributed by atoms with Crippen LogP contribution in [0.3, 0.4) is 0 Å². The lowest BCUT2D eigenvalue weighted by Gasteiger charge is -2.16. The molecule has 0 saturated carbocycles. The monoisotopic (exact) mass is 451 g/mol. The van der Waals surface area contributed by atoms with Crippen molar-refractivity contribution in [3.8, 4) is 0 Å². The minimum Gasteiger partial charge on any atom is -0.357 e. The maximum atomic E-state index is 4.67. The highest BCUT2D eigenvalue weighted by Gasteiger charge is 2.20. The molecule has 0 aliphatic carbocycles. The van der Waals surface area contributed by atoms with Gasteiger partial charge in [0.15, 0.2) is 5.96 Å². The highest BCUT2D eigenvalue weighted by molar-refractivity contribution is 14.0. The van der Waals surface area contributed by atoms with E-state index in [9.17, 15) is 0 Å². The number of nitrogens with one attached hydrogen (secondary N) is 2. The summed E-state index contributed by atoms with van der Waals surface area (Å²) in [7, 11) is 0. The third-order valence-electron chi connectivity index (χ3n) is 4.16. The van der Waals surface area contributed by atoms with Gasteiger partial charge in [0.25, 0.3) is 0 Å². The molecule has 23 heavy (non-hydrogen) atoms. The summed E-state index contributed by atoms with van der Waals surface area (Å²) in [6.45, 7) is 14.6. The molecule has 7 heteroatoms. The Hall–Kier alpha value is -0.410. The van der Waals surface area contributed by atoms with Crippen molar-refractivity contribution in [3.05, 3.63) is 15.6 Å². The molecule has 1 aliphatic rings. The number of guanidine groups is 1. The van der Waals surface area contributed by atoms with E-state index in [4.69, 9.17) is 0 Å². The van der Waals surface area contributed by atoms with E-state index in [1.807, 2.05) is 0 Å². The molecule has 5 nitrogen and oxygen atoms in total. The average Bonchev–Trinajstić information content (AvgIpc) is 3.09. The molecule has 2 heterocycles. The van der Waals surface area contributed by atoms with E-state index in [2.05, 4.69) is 53.2 Å². The van der Waals surface area contributed by atoms with Gasteiger partial charge in [-0.1, -0.05) is 6.92 Å². The van der Waals surface area contributed by atoms with Crippen LogP contribution in [0.4, 0.5) is 0 Å². The van der Waals surface area contributed by atoms with Crippen molar-refractivity contribution in [2.24, 2.45) is 10.9 Å². The van der Waals surface area contributed by atoms with E-state index in [0.29, 0.717) is 6.54 Å². The van der Waals surface area contributed by atoms with Crippen LogP contribution in [0.5, 0.6) is 0 Å². The first-order chi connectivity index (χ1) is 10.6. The summed E-state index contributed by atoms with van der Waals surface area (Å²) >= 11 is 1.74. The number of hydrogen-bond donors (Lipinski definition) is 2. The zero-order valence-electron chi connectivity index (χ0n) is 14.7. The van der Waals surface area contributed by atoms with Gasteiger partial charge in [-0.15, -0.1) is 35.3 Å². The molecule has 2 N–H and O–H groups in total. The Labute approximate surface area is 161 Å². The normalized spacial score (nSPS) is 18.8. The SMILES string of the molecule is CCNC(=NCc1nc(C)c(C)s1)NCC1CCN(CC)C1.I. The molecule has 0 spiro atoms. The maximum absolute atomic E-state index is 4.67. The van der Waals surface area contributed by atoms with Gasteiger partial charge in [0.1, 0.15) is 5.01 Å². The fourth-order valence-corrected chi connectivity index (χ4v) is 3.56. The van der Waals surface area contributed by atoms with Crippen LogP contribution in [0.15, 0.2) is 4.99 Å². The second-order valence-electron chi connectivity index (χ2n) is 5.87. The van der Waals surface area contributed by atoms with Gasteiger partial charge in [-0.2, -0.15) is 0 Å². The smallest absolute Gasteiger partial charge is 0.191 e. The topological polar surface area (TPSA) is 52.6 Å². The van der Waals surface area contributed by atoms with Crippen LogP contribution in [-0.4, -0.2) is 48.6 Å². The van der Waals surface area contributed by atoms with Crippen LogP contribution >= 0.6 is 35.3 Å². The summed E-state index contributed by atoms with van der Waals surface area (Å²) in [4.78, 5) is 13.0. The first-order valence-electron chi connectivity index (χ1n) is 8.29. The highest BCUT2D eigenvalue weighted by Crippen LogP contribution is 2.17. The largest absolute Gasteiger partial charge is 0.357 e. The Morgan fingerprint density at radius 2 is 2.13 bits per heavy atom. The molecule has 1 aromatic heterocycles. The third-order valence-corrected chi connectivity index (χ3v) is 5.22. The van der Waals surface area contributed by atoms with Crippen LogP contribution in [0, 0.1) is 19.8 Å². The lowest BCUT2D eigenvalue weighted by Crippen LogP contribution is -2.40. The van der Waals surface area contributed by atoms with Crippen LogP contribution in [0.25, 0.3) is 0 Å². The van der Waals surface area contributed by atoms with E-state index in [1.165, 1.54) is 24.4 Å². The molecule has 1 aliphatic heterocycles. The first kappa shape index (κ1) is 20.6. The fourth-order valence-electron chi connectivity index (χ4n) is 2.70. The quantitative estimate of drug-likeness (QED) is 0.397. The summed E-state index contributed by atoms with van der Waals surface area (Å²) in [5.74, 6) is 1.64. The fraction of sp³-hybridized carbons (Fsp3) is 0.750. The Morgan fingerprint density at radius 1 is 1.35 bits per heavy atom. The van der Waals surface area contributed by atoms with Crippen LogP contribution < -0.4 is 10.6 Å². The number of halogens is 1. The molecular weight excluding hydrogens is 421 g/mol. The highest BCUT2D eigenvalue weighted by atomic mass is 127. The minimum atomic E-state index is 0. The van der Waals surface area contributed by atoms with Gasteiger partial charge in [0.05, 0.1) is 12.2 Å². The minimum absolute atomic E-state index is 0. The second-order valence-corrected chi connectivity index (χ2v) is 7.16. The predicted molar refractivity (Wildman–Crippen MR) is 110 cm³/mol. The van der Waals surface area contributed by atoms with Crippen LogP contribution in [0.2, 0.25) is 0 Å². The Morgan fingerprint density at radius 3 is 2.70 bits per heavy atom. The summed E-state index contributed by atoms with van der Waals surface area (Å²) in [6.07, 6.45) is 1.28. The van der Waals surface area contributed by atoms with Crippen molar-refractivity contribution in [2.75, 3.05) is 32.7 Å². The van der Waals surface area contributed by atoms with Gasteiger partial charge >= 0.3 is 0 Å². The number of aromatic nitrogens is 1. The molecule has 1 saturated heterocycles. The summed E-state index contributed by atoms with van der Waals surface area (Å²) in [6, 6.07) is 0. The number of aliphatic imine (C=N–C) groups is 1. The standard InChI is InChI=1S/C16H29N5S.HI/c1-5-17-16(18-9-14-7-8-21(6-2)11-14)19-10-15-20-12(3)13(4)22-15;/h14H,5-11H2,1-4H3,(H2,17,18,19);1H. The second kappa shape index (κ2) is 10.5. The number of aryl methyl sites for hydroxylation is 2. The molecule has 0 aromatic carbocycles. The molecule has 1 unspecified atom stereocenters. The number of nitrogens with zero attached hydrogens (tertiary/aromatic N) is 3. The summed E-state index contributed by atoms with van der Waals surface area (Å²) in [5.41, 5.74) is 1.12. The van der Waals surface area contributed by atoms with Gasteiger partial charge < -0.3 is 15.5 Å². The van der Waals surface area contributed by atoms with E-state index in [-0.39, 0.29) is 24.0 Å². The molecule has 1 aromatic rings. The zero-order valence-corrected chi connectivity index (χ0v) is 17.8. The number of thiazole rings is 1. The maximum Gasteiger partial charge on any atom is 0.191 e. The molecule has 1 atom stereocenters. The predicted octanol–water partition coefficient (Wildman–Crippen LogP) is 2.77. The van der Waals surface area contributed by atoms with Crippen molar-refractivity contribution in [1.82, 2.24) is 20.5 Å². The summed E-state index contributed by atoms with van der Waals surface area (Å²) < 4.78 is 0. The first-order valence-corrected chi connectivity index (χ1v) is 9.11. The molecule has 0 amide bonds. The molecular formula is C16H30IN5S. The molecule has 2 rings (SSSR count). The zero-order chi connectivity index (χ0) is 15.9. The van der Waals surface area contributed by atoms with E-state index in [0.717, 1.165) is 42.2 Å². The van der Waals surface area contributed by atoms with E-state index in [1.54, 1.807) is 11.3 Å². The third kappa shape index (κ3) is 6.54. The molecule has 0 radical (unpaired) electrons. The molecule has 0 bridgehead atoms. The van der Waals surface area contributed by atoms with E-state index >= 15 is 0 Å². The number of rotatable bonds is 6. The lowest BCUT2D eigenvalue weighted by atomic mass is 10.1. The van der Waals surface area contributed by atoms with Crippen molar-refractivity contribution in [3.63, 3.8) is 0 Å². The molecule has 132 valence electrons. The number of hydrogen-bond acceptors (Lipinski definition) is 4. The molecule has 1 fully saturated rings. The average molecular weight is 451 g/mol. The van der Waals surface area contributed by atoms with Crippen molar-refractivity contribution in [2.45, 2.75) is 40.7 Å². The van der Waals surface area contributed by atoms with Gasteiger partial charge in [-0.25, -0.2) is 9.98 Å². The summed E-state index contributed by atoms with van der Waals surface area (Å²) in [5, 5.41) is 7.90. The Kier molecular flexibility index (Phi) is 9.38. The van der Waals surface area contributed by atoms with E-state index < -0.39 is 0 Å². The van der Waals surface area contributed by atoms with Gasteiger partial charge in [-0.05, 0) is 46.2 Å².